The fourth-order valence-corrected chi connectivity index (χ4v) is 2.71. The topological polar surface area (TPSA) is 29.9 Å². The molecular formula is C14H17Cl2N3. The molecule has 0 saturated heterocycles. The monoisotopic (exact) mass is 297 g/mol. The van der Waals surface area contributed by atoms with E-state index in [2.05, 4.69) is 17.3 Å². The largest absolute Gasteiger partial charge is 0.305 e. The first-order valence-electron chi connectivity index (χ1n) is 6.22. The highest BCUT2D eigenvalue weighted by atomic mass is 35.5. The van der Waals surface area contributed by atoms with Gasteiger partial charge in [-0.1, -0.05) is 48.3 Å². The van der Waals surface area contributed by atoms with Gasteiger partial charge in [0.2, 0.25) is 0 Å². The summed E-state index contributed by atoms with van der Waals surface area (Å²) < 4.78 is 1.79. The van der Waals surface area contributed by atoms with E-state index >= 15 is 0 Å². The second-order valence-corrected chi connectivity index (χ2v) is 5.26. The van der Waals surface area contributed by atoms with Crippen LogP contribution in [-0.2, 0) is 7.05 Å². The molecule has 0 fully saturated rings. The Labute approximate surface area is 123 Å². The van der Waals surface area contributed by atoms with Gasteiger partial charge in [0.1, 0.15) is 0 Å². The fourth-order valence-electron chi connectivity index (χ4n) is 2.20. The van der Waals surface area contributed by atoms with Crippen molar-refractivity contribution in [1.29, 1.82) is 0 Å². The van der Waals surface area contributed by atoms with Gasteiger partial charge in [0, 0.05) is 12.1 Å². The molecular weight excluding hydrogens is 281 g/mol. The van der Waals surface area contributed by atoms with Crippen LogP contribution in [0.3, 0.4) is 0 Å². The zero-order valence-electron chi connectivity index (χ0n) is 11.2. The Hall–Kier alpha value is -1.03. The molecule has 1 aromatic carbocycles. The van der Waals surface area contributed by atoms with Crippen LogP contribution >= 0.6 is 23.2 Å². The Morgan fingerprint density at radius 2 is 2.11 bits per heavy atom. The van der Waals surface area contributed by atoms with Crippen molar-refractivity contribution in [1.82, 2.24) is 15.1 Å². The molecule has 2 rings (SSSR count). The Bertz CT molecular complexity index is 559. The van der Waals surface area contributed by atoms with Crippen molar-refractivity contribution < 1.29 is 0 Å². The normalized spacial score (nSPS) is 12.7. The van der Waals surface area contributed by atoms with Gasteiger partial charge >= 0.3 is 0 Å². The summed E-state index contributed by atoms with van der Waals surface area (Å²) in [5.41, 5.74) is 3.00. The predicted octanol–water partition coefficient (Wildman–Crippen LogP) is 3.73. The third-order valence-corrected chi connectivity index (χ3v) is 3.96. The zero-order valence-corrected chi connectivity index (χ0v) is 12.8. The second kappa shape index (κ2) is 5.95. The average molecular weight is 298 g/mol. The van der Waals surface area contributed by atoms with Crippen LogP contribution in [0.2, 0.25) is 10.0 Å². The van der Waals surface area contributed by atoms with E-state index in [1.807, 2.05) is 32.2 Å². The standard InChI is InChI=1S/C14H17Cl2N3/c1-4-17-13(14-11(15)8-18-19(14)3)10-7-5-6-9(2)12(10)16/h5-8,13,17H,4H2,1-3H3. The Morgan fingerprint density at radius 1 is 1.37 bits per heavy atom. The van der Waals surface area contributed by atoms with Crippen molar-refractivity contribution in [2.45, 2.75) is 19.9 Å². The lowest BCUT2D eigenvalue weighted by molar-refractivity contribution is 0.573. The van der Waals surface area contributed by atoms with E-state index in [1.165, 1.54) is 0 Å². The average Bonchev–Trinajstić information content (AvgIpc) is 2.70. The summed E-state index contributed by atoms with van der Waals surface area (Å²) in [7, 11) is 1.88. The first-order valence-corrected chi connectivity index (χ1v) is 6.97. The van der Waals surface area contributed by atoms with Crippen LogP contribution in [0.15, 0.2) is 24.4 Å². The summed E-state index contributed by atoms with van der Waals surface area (Å²) in [4.78, 5) is 0. The zero-order chi connectivity index (χ0) is 14.0. The van der Waals surface area contributed by atoms with Crippen molar-refractivity contribution in [2.75, 3.05) is 6.54 Å². The van der Waals surface area contributed by atoms with Crippen LogP contribution < -0.4 is 5.32 Å². The van der Waals surface area contributed by atoms with Gasteiger partial charge in [-0.05, 0) is 24.6 Å². The Morgan fingerprint density at radius 3 is 2.68 bits per heavy atom. The molecule has 0 amide bonds. The highest BCUT2D eigenvalue weighted by Crippen LogP contribution is 2.33. The van der Waals surface area contributed by atoms with Crippen molar-refractivity contribution >= 4 is 23.2 Å². The lowest BCUT2D eigenvalue weighted by atomic mass is 10.0. The van der Waals surface area contributed by atoms with Crippen LogP contribution in [0.25, 0.3) is 0 Å². The van der Waals surface area contributed by atoms with Crippen molar-refractivity contribution in [3.05, 3.63) is 51.3 Å². The summed E-state index contributed by atoms with van der Waals surface area (Å²) in [6, 6.07) is 5.97. The number of hydrogen-bond acceptors (Lipinski definition) is 2. The molecule has 19 heavy (non-hydrogen) atoms. The molecule has 102 valence electrons. The van der Waals surface area contributed by atoms with Crippen LogP contribution in [0.1, 0.15) is 29.8 Å². The summed E-state index contributed by atoms with van der Waals surface area (Å²) in [6.45, 7) is 4.87. The molecule has 1 heterocycles. The summed E-state index contributed by atoms with van der Waals surface area (Å²) in [6.07, 6.45) is 1.66. The summed E-state index contributed by atoms with van der Waals surface area (Å²) in [5, 5.41) is 9.03. The van der Waals surface area contributed by atoms with Crippen LogP contribution in [-0.4, -0.2) is 16.3 Å². The first kappa shape index (κ1) is 14.4. The fraction of sp³-hybridized carbons (Fsp3) is 0.357. The molecule has 0 saturated carbocycles. The van der Waals surface area contributed by atoms with Crippen molar-refractivity contribution in [3.63, 3.8) is 0 Å². The second-order valence-electron chi connectivity index (χ2n) is 4.47. The lowest BCUT2D eigenvalue weighted by Gasteiger charge is -2.21. The van der Waals surface area contributed by atoms with Crippen molar-refractivity contribution in [3.8, 4) is 0 Å². The van der Waals surface area contributed by atoms with E-state index in [9.17, 15) is 0 Å². The quantitative estimate of drug-likeness (QED) is 0.932. The van der Waals surface area contributed by atoms with Crippen LogP contribution in [0.5, 0.6) is 0 Å². The number of halogens is 2. The van der Waals surface area contributed by atoms with Gasteiger partial charge < -0.3 is 5.32 Å². The predicted molar refractivity (Wildman–Crippen MR) is 79.9 cm³/mol. The van der Waals surface area contributed by atoms with Gasteiger partial charge in [0.25, 0.3) is 0 Å². The molecule has 1 aromatic heterocycles. The number of rotatable bonds is 4. The maximum atomic E-state index is 6.43. The van der Waals surface area contributed by atoms with Crippen LogP contribution in [0.4, 0.5) is 0 Å². The lowest BCUT2D eigenvalue weighted by Crippen LogP contribution is -2.25. The number of aromatic nitrogens is 2. The number of benzene rings is 1. The molecule has 3 nitrogen and oxygen atoms in total. The number of nitrogens with zero attached hydrogens (tertiary/aromatic N) is 2. The molecule has 1 atom stereocenters. The minimum Gasteiger partial charge on any atom is -0.305 e. The Balaban J connectivity index is 2.55. The highest BCUT2D eigenvalue weighted by molar-refractivity contribution is 6.32. The molecule has 0 bridgehead atoms. The molecule has 0 radical (unpaired) electrons. The summed E-state index contributed by atoms with van der Waals surface area (Å²) >= 11 is 12.7. The minimum atomic E-state index is -0.0580. The molecule has 1 N–H and O–H groups in total. The van der Waals surface area contributed by atoms with Gasteiger partial charge in [-0.2, -0.15) is 5.10 Å². The van der Waals surface area contributed by atoms with Gasteiger partial charge in [-0.15, -0.1) is 0 Å². The van der Waals surface area contributed by atoms with E-state index in [0.29, 0.717) is 5.02 Å². The summed E-state index contributed by atoms with van der Waals surface area (Å²) in [5.74, 6) is 0. The third kappa shape index (κ3) is 2.78. The maximum absolute atomic E-state index is 6.43. The van der Waals surface area contributed by atoms with Crippen LogP contribution in [0, 0.1) is 6.92 Å². The smallest absolute Gasteiger partial charge is 0.0837 e. The number of aryl methyl sites for hydroxylation is 2. The maximum Gasteiger partial charge on any atom is 0.0837 e. The minimum absolute atomic E-state index is 0.0580. The molecule has 0 aliphatic carbocycles. The van der Waals surface area contributed by atoms with Crippen molar-refractivity contribution in [2.24, 2.45) is 7.05 Å². The molecule has 2 aromatic rings. The molecule has 5 heteroatoms. The van der Waals surface area contributed by atoms with E-state index in [4.69, 9.17) is 23.2 Å². The van der Waals surface area contributed by atoms with E-state index in [1.54, 1.807) is 10.9 Å². The Kier molecular flexibility index (Phi) is 4.50. The van der Waals surface area contributed by atoms with Gasteiger partial charge in [-0.25, -0.2) is 0 Å². The van der Waals surface area contributed by atoms with Gasteiger partial charge in [-0.3, -0.25) is 4.68 Å². The first-order chi connectivity index (χ1) is 9.06. The molecule has 1 unspecified atom stereocenters. The third-order valence-electron chi connectivity index (χ3n) is 3.15. The number of hydrogen-bond donors (Lipinski definition) is 1. The van der Waals surface area contributed by atoms with E-state index < -0.39 is 0 Å². The van der Waals surface area contributed by atoms with Gasteiger partial charge in [0.05, 0.1) is 23.0 Å². The highest BCUT2D eigenvalue weighted by Gasteiger charge is 2.22. The molecule has 0 spiro atoms. The molecule has 0 aliphatic rings. The number of nitrogens with one attached hydrogen (secondary N) is 1. The molecule has 0 aliphatic heterocycles. The van der Waals surface area contributed by atoms with E-state index in [-0.39, 0.29) is 6.04 Å². The van der Waals surface area contributed by atoms with E-state index in [0.717, 1.165) is 28.4 Å². The van der Waals surface area contributed by atoms with Gasteiger partial charge in [0.15, 0.2) is 0 Å². The SMILES string of the molecule is CCNC(c1cccc(C)c1Cl)c1c(Cl)cnn1C.